The first-order valence-corrected chi connectivity index (χ1v) is 9.79. The molecular formula is C17H20N2O3S2. The number of rotatable bonds is 5. The second kappa shape index (κ2) is 7.90. The van der Waals surface area contributed by atoms with E-state index in [0.29, 0.717) is 19.8 Å². The Morgan fingerprint density at radius 3 is 2.88 bits per heavy atom. The van der Waals surface area contributed by atoms with E-state index in [4.69, 9.17) is 9.47 Å². The van der Waals surface area contributed by atoms with Crippen LogP contribution >= 0.6 is 23.1 Å². The van der Waals surface area contributed by atoms with Crippen LogP contribution in [-0.2, 0) is 10.5 Å². The van der Waals surface area contributed by atoms with Crippen molar-refractivity contribution in [3.63, 3.8) is 0 Å². The number of nitrogens with zero attached hydrogens (tertiary/aromatic N) is 2. The van der Waals surface area contributed by atoms with Gasteiger partial charge in [-0.15, -0.1) is 23.1 Å². The maximum atomic E-state index is 11.6. The van der Waals surface area contributed by atoms with Crippen LogP contribution < -0.4 is 14.4 Å². The summed E-state index contributed by atoms with van der Waals surface area (Å²) < 4.78 is 11.4. The molecule has 0 saturated carbocycles. The van der Waals surface area contributed by atoms with Gasteiger partial charge in [0.05, 0.1) is 18.9 Å². The molecule has 3 rings (SSSR count). The molecule has 5 nitrogen and oxygen atoms in total. The normalized spacial score (nSPS) is 13.4. The minimum absolute atomic E-state index is 0.0222. The van der Waals surface area contributed by atoms with Crippen LogP contribution in [0, 0.1) is 0 Å². The van der Waals surface area contributed by atoms with Crippen LogP contribution in [0.2, 0.25) is 0 Å². The smallest absolute Gasteiger partial charge is 0.225 e. The van der Waals surface area contributed by atoms with Crippen molar-refractivity contribution in [3.05, 3.63) is 29.3 Å². The van der Waals surface area contributed by atoms with E-state index in [2.05, 4.69) is 4.98 Å². The Morgan fingerprint density at radius 2 is 2.12 bits per heavy atom. The standard InChI is InChI=1S/C17H20N2O3S2/c1-3-19(12(2)20)17-18-13(11-24-17)10-23-14-5-6-15-16(9-14)22-8-4-7-21-15/h5-6,9,11H,3-4,7-8,10H2,1-2H3. The van der Waals surface area contributed by atoms with E-state index in [0.717, 1.165) is 39.4 Å². The van der Waals surface area contributed by atoms with E-state index in [1.165, 1.54) is 11.3 Å². The summed E-state index contributed by atoms with van der Waals surface area (Å²) in [5.41, 5.74) is 0.979. The quantitative estimate of drug-likeness (QED) is 0.752. The number of carbonyl (C=O) groups is 1. The molecule has 1 aromatic carbocycles. The van der Waals surface area contributed by atoms with Gasteiger partial charge in [0.25, 0.3) is 0 Å². The van der Waals surface area contributed by atoms with Gasteiger partial charge in [-0.2, -0.15) is 0 Å². The number of hydrogen-bond donors (Lipinski definition) is 0. The van der Waals surface area contributed by atoms with Gasteiger partial charge in [0.15, 0.2) is 16.6 Å². The molecule has 0 atom stereocenters. The van der Waals surface area contributed by atoms with Gasteiger partial charge in [0.2, 0.25) is 5.91 Å². The number of hydrogen-bond acceptors (Lipinski definition) is 6. The molecule has 0 saturated heterocycles. The molecular weight excluding hydrogens is 344 g/mol. The first-order valence-electron chi connectivity index (χ1n) is 7.92. The summed E-state index contributed by atoms with van der Waals surface area (Å²) >= 11 is 3.21. The van der Waals surface area contributed by atoms with Crippen LogP contribution in [0.5, 0.6) is 11.5 Å². The van der Waals surface area contributed by atoms with Crippen LogP contribution in [-0.4, -0.2) is 30.6 Å². The van der Waals surface area contributed by atoms with Crippen molar-refractivity contribution in [2.45, 2.75) is 30.9 Å². The van der Waals surface area contributed by atoms with E-state index >= 15 is 0 Å². The molecule has 0 unspecified atom stereocenters. The first-order chi connectivity index (χ1) is 11.7. The molecule has 1 aromatic heterocycles. The number of amides is 1. The monoisotopic (exact) mass is 364 g/mol. The molecule has 0 aliphatic carbocycles. The highest BCUT2D eigenvalue weighted by molar-refractivity contribution is 7.98. The molecule has 1 aliphatic heterocycles. The van der Waals surface area contributed by atoms with E-state index in [1.54, 1.807) is 23.6 Å². The molecule has 128 valence electrons. The average Bonchev–Trinajstić information content (AvgIpc) is 2.90. The maximum absolute atomic E-state index is 11.6. The zero-order valence-electron chi connectivity index (χ0n) is 13.8. The fourth-order valence-electron chi connectivity index (χ4n) is 2.37. The number of aromatic nitrogens is 1. The van der Waals surface area contributed by atoms with Crippen molar-refractivity contribution in [2.24, 2.45) is 0 Å². The Hall–Kier alpha value is -1.73. The average molecular weight is 364 g/mol. The van der Waals surface area contributed by atoms with E-state index in [1.807, 2.05) is 30.5 Å². The third kappa shape index (κ3) is 4.02. The predicted octanol–water partition coefficient (Wildman–Crippen LogP) is 3.97. The van der Waals surface area contributed by atoms with Crippen molar-refractivity contribution < 1.29 is 14.3 Å². The Labute approximate surface area is 150 Å². The second-order valence-corrected chi connectivity index (χ2v) is 7.22. The Balaban J connectivity index is 1.65. The molecule has 0 spiro atoms. The van der Waals surface area contributed by atoms with Crippen LogP contribution in [0.4, 0.5) is 5.13 Å². The summed E-state index contributed by atoms with van der Waals surface area (Å²) in [4.78, 5) is 19.0. The molecule has 0 bridgehead atoms. The molecule has 2 aromatic rings. The molecule has 0 fully saturated rings. The number of benzene rings is 1. The molecule has 1 aliphatic rings. The third-order valence-electron chi connectivity index (χ3n) is 3.57. The van der Waals surface area contributed by atoms with Gasteiger partial charge in [-0.05, 0) is 25.1 Å². The van der Waals surface area contributed by atoms with E-state index in [9.17, 15) is 4.79 Å². The highest BCUT2D eigenvalue weighted by Gasteiger charge is 2.14. The number of anilines is 1. The fourth-order valence-corrected chi connectivity index (χ4v) is 4.22. The van der Waals surface area contributed by atoms with Crippen LogP contribution in [0.25, 0.3) is 0 Å². The lowest BCUT2D eigenvalue weighted by molar-refractivity contribution is -0.116. The minimum Gasteiger partial charge on any atom is -0.490 e. The molecule has 7 heteroatoms. The van der Waals surface area contributed by atoms with Gasteiger partial charge in [0.1, 0.15) is 0 Å². The van der Waals surface area contributed by atoms with Gasteiger partial charge in [-0.3, -0.25) is 9.69 Å². The largest absolute Gasteiger partial charge is 0.490 e. The Morgan fingerprint density at radius 1 is 1.33 bits per heavy atom. The lowest BCUT2D eigenvalue weighted by Crippen LogP contribution is -2.27. The van der Waals surface area contributed by atoms with Gasteiger partial charge < -0.3 is 9.47 Å². The number of carbonyl (C=O) groups excluding carboxylic acids is 1. The van der Waals surface area contributed by atoms with Crippen LogP contribution in [0.3, 0.4) is 0 Å². The number of fused-ring (bicyclic) bond motifs is 1. The zero-order valence-corrected chi connectivity index (χ0v) is 15.4. The van der Waals surface area contributed by atoms with E-state index in [-0.39, 0.29) is 5.91 Å². The summed E-state index contributed by atoms with van der Waals surface area (Å²) in [5.74, 6) is 2.40. The highest BCUT2D eigenvalue weighted by atomic mass is 32.2. The maximum Gasteiger partial charge on any atom is 0.225 e. The van der Waals surface area contributed by atoms with Crippen molar-refractivity contribution in [3.8, 4) is 11.5 Å². The SMILES string of the molecule is CCN(C(C)=O)c1nc(CSc2ccc3c(c2)OCCCO3)cs1. The van der Waals surface area contributed by atoms with Crippen molar-refractivity contribution >= 4 is 34.1 Å². The predicted molar refractivity (Wildman–Crippen MR) is 97.4 cm³/mol. The number of thioether (sulfide) groups is 1. The van der Waals surface area contributed by atoms with Gasteiger partial charge in [-0.1, -0.05) is 0 Å². The Kier molecular flexibility index (Phi) is 5.63. The molecule has 1 amide bonds. The van der Waals surface area contributed by atoms with Crippen LogP contribution in [0.1, 0.15) is 26.0 Å². The lowest BCUT2D eigenvalue weighted by atomic mass is 10.3. The van der Waals surface area contributed by atoms with Gasteiger partial charge in [-0.25, -0.2) is 4.98 Å². The second-order valence-electron chi connectivity index (χ2n) is 5.33. The van der Waals surface area contributed by atoms with Crippen molar-refractivity contribution in [2.75, 3.05) is 24.7 Å². The molecule has 24 heavy (non-hydrogen) atoms. The van der Waals surface area contributed by atoms with Gasteiger partial charge >= 0.3 is 0 Å². The first kappa shape index (κ1) is 17.1. The van der Waals surface area contributed by atoms with Crippen molar-refractivity contribution in [1.29, 1.82) is 0 Å². The summed E-state index contributed by atoms with van der Waals surface area (Å²) in [7, 11) is 0. The van der Waals surface area contributed by atoms with Gasteiger partial charge in [0, 0.05) is 35.9 Å². The summed E-state index contributed by atoms with van der Waals surface area (Å²) in [5, 5.41) is 2.77. The Bertz CT molecular complexity index is 718. The zero-order chi connectivity index (χ0) is 16.9. The lowest BCUT2D eigenvalue weighted by Gasteiger charge is -2.14. The topological polar surface area (TPSA) is 51.7 Å². The summed E-state index contributed by atoms with van der Waals surface area (Å²) in [6.45, 7) is 5.54. The van der Waals surface area contributed by atoms with E-state index < -0.39 is 0 Å². The molecule has 2 heterocycles. The number of ether oxygens (including phenoxy) is 2. The molecule has 0 N–H and O–H groups in total. The van der Waals surface area contributed by atoms with Crippen LogP contribution in [0.15, 0.2) is 28.5 Å². The summed E-state index contributed by atoms with van der Waals surface area (Å²) in [6.07, 6.45) is 0.906. The fraction of sp³-hybridized carbons (Fsp3) is 0.412. The summed E-state index contributed by atoms with van der Waals surface area (Å²) in [6, 6.07) is 6.02. The molecule has 0 radical (unpaired) electrons. The van der Waals surface area contributed by atoms with Crippen molar-refractivity contribution in [1.82, 2.24) is 4.98 Å². The number of thiazole rings is 1. The highest BCUT2D eigenvalue weighted by Crippen LogP contribution is 2.35. The third-order valence-corrected chi connectivity index (χ3v) is 5.51. The minimum atomic E-state index is 0.0222.